The summed E-state index contributed by atoms with van der Waals surface area (Å²) in [5, 5.41) is 12.4. The Kier molecular flexibility index (Phi) is 7.08. The number of hydrogen-bond donors (Lipinski definition) is 2. The van der Waals surface area contributed by atoms with Crippen molar-refractivity contribution in [2.75, 3.05) is 19.7 Å². The largest absolute Gasteiger partial charge is 0.394 e. The lowest BCUT2D eigenvalue weighted by Crippen LogP contribution is -2.46. The maximum Gasteiger partial charge on any atom is 0.225 e. The summed E-state index contributed by atoms with van der Waals surface area (Å²) in [4.78, 5) is 26.6. The van der Waals surface area contributed by atoms with E-state index in [9.17, 15) is 14.7 Å². The van der Waals surface area contributed by atoms with Crippen molar-refractivity contribution in [2.24, 2.45) is 23.7 Å². The molecule has 0 bridgehead atoms. The first kappa shape index (κ1) is 19.2. The van der Waals surface area contributed by atoms with Crippen LogP contribution in [0.4, 0.5) is 0 Å². The lowest BCUT2D eigenvalue weighted by Gasteiger charge is -2.38. The van der Waals surface area contributed by atoms with Crippen molar-refractivity contribution in [3.05, 3.63) is 0 Å². The highest BCUT2D eigenvalue weighted by Gasteiger charge is 2.38. The number of carbonyl (C=O) groups excluding carboxylic acids is 2. The molecule has 1 saturated carbocycles. The van der Waals surface area contributed by atoms with E-state index in [0.29, 0.717) is 30.1 Å². The number of nitrogens with one attached hydrogen (secondary N) is 1. The van der Waals surface area contributed by atoms with E-state index >= 15 is 0 Å². The number of carbonyl (C=O) groups is 2. The second-order valence-corrected chi connectivity index (χ2v) is 8.06. The fourth-order valence-corrected chi connectivity index (χ4v) is 3.87. The van der Waals surface area contributed by atoms with Crippen molar-refractivity contribution < 1.29 is 14.7 Å². The van der Waals surface area contributed by atoms with Gasteiger partial charge >= 0.3 is 0 Å². The molecular weight excluding hydrogens is 304 g/mol. The minimum absolute atomic E-state index is 0.00450. The Morgan fingerprint density at radius 1 is 1.21 bits per heavy atom. The van der Waals surface area contributed by atoms with E-state index in [1.807, 2.05) is 4.90 Å². The van der Waals surface area contributed by atoms with E-state index < -0.39 is 0 Å². The predicted octanol–water partition coefficient (Wildman–Crippen LogP) is 2.18. The number of rotatable bonds is 8. The van der Waals surface area contributed by atoms with Gasteiger partial charge in [-0.2, -0.15) is 0 Å². The minimum atomic E-state index is -0.144. The molecule has 0 spiro atoms. The molecule has 0 aromatic carbocycles. The number of piperidine rings is 1. The first-order chi connectivity index (χ1) is 11.4. The summed E-state index contributed by atoms with van der Waals surface area (Å²) in [7, 11) is 0. The zero-order valence-corrected chi connectivity index (χ0v) is 15.5. The average molecular weight is 338 g/mol. The van der Waals surface area contributed by atoms with Crippen LogP contribution in [-0.2, 0) is 9.59 Å². The number of hydrogen-bond acceptors (Lipinski definition) is 3. The Balaban J connectivity index is 1.82. The van der Waals surface area contributed by atoms with Crippen LogP contribution in [0.25, 0.3) is 0 Å². The number of amides is 2. The summed E-state index contributed by atoms with van der Waals surface area (Å²) in [5.74, 6) is 1.85. The normalized spacial score (nSPS) is 25.6. The maximum absolute atomic E-state index is 12.4. The molecule has 0 aromatic heterocycles. The molecule has 3 atom stereocenters. The zero-order valence-electron chi connectivity index (χ0n) is 15.5. The van der Waals surface area contributed by atoms with Crippen LogP contribution in [0.5, 0.6) is 0 Å². The molecule has 2 rings (SSSR count). The summed E-state index contributed by atoms with van der Waals surface area (Å²) >= 11 is 0. The maximum atomic E-state index is 12.4. The summed E-state index contributed by atoms with van der Waals surface area (Å²) in [6.07, 6.45) is 5.33. The smallest absolute Gasteiger partial charge is 0.225 e. The molecule has 2 aliphatic rings. The van der Waals surface area contributed by atoms with Gasteiger partial charge in [-0.05, 0) is 43.4 Å². The number of nitrogens with zero attached hydrogens (tertiary/aromatic N) is 1. The van der Waals surface area contributed by atoms with E-state index in [1.165, 1.54) is 0 Å². The highest BCUT2D eigenvalue weighted by atomic mass is 16.3. The summed E-state index contributed by atoms with van der Waals surface area (Å²) in [6.45, 7) is 7.92. The second-order valence-electron chi connectivity index (χ2n) is 8.06. The Hall–Kier alpha value is -1.10. The van der Waals surface area contributed by atoms with Gasteiger partial charge < -0.3 is 15.3 Å². The Morgan fingerprint density at radius 2 is 1.92 bits per heavy atom. The molecule has 2 N–H and O–H groups in total. The molecule has 5 nitrogen and oxygen atoms in total. The van der Waals surface area contributed by atoms with Gasteiger partial charge in [0.05, 0.1) is 12.6 Å². The molecule has 0 aromatic rings. The lowest BCUT2D eigenvalue weighted by molar-refractivity contribution is -0.135. The van der Waals surface area contributed by atoms with Crippen LogP contribution in [0, 0.1) is 23.7 Å². The quantitative estimate of drug-likeness (QED) is 0.713. The van der Waals surface area contributed by atoms with Crippen LogP contribution in [0.3, 0.4) is 0 Å². The predicted molar refractivity (Wildman–Crippen MR) is 94.3 cm³/mol. The van der Waals surface area contributed by atoms with Gasteiger partial charge in [-0.15, -0.1) is 0 Å². The van der Waals surface area contributed by atoms with E-state index in [0.717, 1.165) is 45.2 Å². The standard InChI is InChI=1S/C19H34N2O3/c1-4-14-11-21(19(24)15-5-6-15)8-7-16(14)10-18(23)20-17(12-22)9-13(2)3/h13-17,22H,4-12H2,1-3H3,(H,20,23)/t14-,16-,17+/m0/s1. The summed E-state index contributed by atoms with van der Waals surface area (Å²) in [5.41, 5.74) is 0. The van der Waals surface area contributed by atoms with Crippen LogP contribution in [-0.4, -0.2) is 47.6 Å². The fourth-order valence-electron chi connectivity index (χ4n) is 3.87. The van der Waals surface area contributed by atoms with E-state index in [2.05, 4.69) is 26.1 Å². The molecule has 0 radical (unpaired) electrons. The molecule has 24 heavy (non-hydrogen) atoms. The Bertz CT molecular complexity index is 434. The van der Waals surface area contributed by atoms with Crippen molar-refractivity contribution in [1.29, 1.82) is 0 Å². The summed E-state index contributed by atoms with van der Waals surface area (Å²) < 4.78 is 0. The molecule has 5 heteroatoms. The lowest BCUT2D eigenvalue weighted by atomic mass is 9.81. The van der Waals surface area contributed by atoms with Crippen LogP contribution in [0.1, 0.15) is 59.3 Å². The minimum Gasteiger partial charge on any atom is -0.394 e. The van der Waals surface area contributed by atoms with Crippen LogP contribution in [0.2, 0.25) is 0 Å². The first-order valence-electron chi connectivity index (χ1n) is 9.63. The van der Waals surface area contributed by atoms with E-state index in [-0.39, 0.29) is 24.5 Å². The number of likely N-dealkylation sites (tertiary alicyclic amines) is 1. The topological polar surface area (TPSA) is 69.6 Å². The van der Waals surface area contributed by atoms with Crippen molar-refractivity contribution >= 4 is 11.8 Å². The zero-order chi connectivity index (χ0) is 17.7. The number of aliphatic hydroxyl groups is 1. The highest BCUT2D eigenvalue weighted by Crippen LogP contribution is 2.35. The average Bonchev–Trinajstić information content (AvgIpc) is 3.38. The van der Waals surface area contributed by atoms with Gasteiger partial charge in [-0.25, -0.2) is 0 Å². The van der Waals surface area contributed by atoms with Crippen LogP contribution in [0.15, 0.2) is 0 Å². The molecule has 1 saturated heterocycles. The van der Waals surface area contributed by atoms with Crippen molar-refractivity contribution in [3.63, 3.8) is 0 Å². The van der Waals surface area contributed by atoms with Crippen molar-refractivity contribution in [2.45, 2.75) is 65.3 Å². The molecule has 1 aliphatic heterocycles. The van der Waals surface area contributed by atoms with E-state index in [1.54, 1.807) is 0 Å². The Morgan fingerprint density at radius 3 is 2.46 bits per heavy atom. The van der Waals surface area contributed by atoms with Gasteiger partial charge in [0.2, 0.25) is 11.8 Å². The molecule has 1 aliphatic carbocycles. The van der Waals surface area contributed by atoms with Gasteiger partial charge in [0.1, 0.15) is 0 Å². The molecule has 1 heterocycles. The van der Waals surface area contributed by atoms with E-state index in [4.69, 9.17) is 0 Å². The van der Waals surface area contributed by atoms with Gasteiger partial charge in [0, 0.05) is 25.4 Å². The van der Waals surface area contributed by atoms with Gasteiger partial charge in [0.15, 0.2) is 0 Å². The van der Waals surface area contributed by atoms with Crippen molar-refractivity contribution in [1.82, 2.24) is 10.2 Å². The molecule has 2 fully saturated rings. The van der Waals surface area contributed by atoms with Crippen LogP contribution < -0.4 is 5.32 Å². The molecule has 2 amide bonds. The third-order valence-corrected chi connectivity index (χ3v) is 5.44. The van der Waals surface area contributed by atoms with Crippen molar-refractivity contribution in [3.8, 4) is 0 Å². The van der Waals surface area contributed by atoms with Crippen LogP contribution >= 0.6 is 0 Å². The first-order valence-corrected chi connectivity index (χ1v) is 9.63. The SMILES string of the molecule is CC[C@H]1CN(C(=O)C2CC2)CC[C@H]1CC(=O)N[C@@H](CO)CC(C)C. The highest BCUT2D eigenvalue weighted by molar-refractivity contribution is 5.81. The molecular formula is C19H34N2O3. The molecule has 0 unspecified atom stereocenters. The Labute approximate surface area is 146 Å². The summed E-state index contributed by atoms with van der Waals surface area (Å²) in [6, 6.07) is -0.144. The number of aliphatic hydroxyl groups excluding tert-OH is 1. The molecule has 138 valence electrons. The third-order valence-electron chi connectivity index (χ3n) is 5.44. The van der Waals surface area contributed by atoms with Gasteiger partial charge in [-0.3, -0.25) is 9.59 Å². The van der Waals surface area contributed by atoms with Gasteiger partial charge in [0.25, 0.3) is 0 Å². The fraction of sp³-hybridized carbons (Fsp3) is 0.895. The van der Waals surface area contributed by atoms with Gasteiger partial charge in [-0.1, -0.05) is 27.2 Å². The third kappa shape index (κ3) is 5.47. The second kappa shape index (κ2) is 8.84. The monoisotopic (exact) mass is 338 g/mol.